The van der Waals surface area contributed by atoms with Crippen LogP contribution in [0.4, 0.5) is 0 Å². The van der Waals surface area contributed by atoms with E-state index in [0.717, 1.165) is 16.7 Å². The molecule has 0 aliphatic rings. The van der Waals surface area contributed by atoms with E-state index in [-0.39, 0.29) is 12.3 Å². The topological polar surface area (TPSA) is 104 Å². The third-order valence-corrected chi connectivity index (χ3v) is 3.52. The number of rotatable bonds is 6. The van der Waals surface area contributed by atoms with Crippen molar-refractivity contribution >= 4 is 11.8 Å². The summed E-state index contributed by atoms with van der Waals surface area (Å²) in [4.78, 5) is 23.5. The standard InChI is InChI=1S/C18H21N3O3/c19-11-14-2-1-3-15(10-14)12-21-18(24)17(23)20-9-8-13-4-6-16(22)7-5-13/h1-7,10,22H,8-9,11-12,19H2,(H,20,23)(H,21,24). The lowest BCUT2D eigenvalue weighted by Crippen LogP contribution is -2.40. The van der Waals surface area contributed by atoms with Crippen LogP contribution in [0.15, 0.2) is 48.5 Å². The van der Waals surface area contributed by atoms with E-state index in [1.165, 1.54) is 0 Å². The second-order valence-corrected chi connectivity index (χ2v) is 5.38. The molecular formula is C18H21N3O3. The van der Waals surface area contributed by atoms with E-state index in [2.05, 4.69) is 10.6 Å². The average molecular weight is 327 g/mol. The molecule has 6 heteroatoms. The Morgan fingerprint density at radius 2 is 1.58 bits per heavy atom. The molecular weight excluding hydrogens is 306 g/mol. The first kappa shape index (κ1) is 17.5. The number of hydrogen-bond donors (Lipinski definition) is 4. The molecule has 0 aliphatic carbocycles. The van der Waals surface area contributed by atoms with Crippen molar-refractivity contribution < 1.29 is 14.7 Å². The van der Waals surface area contributed by atoms with E-state index in [1.807, 2.05) is 24.3 Å². The molecule has 0 radical (unpaired) electrons. The molecule has 2 rings (SSSR count). The van der Waals surface area contributed by atoms with E-state index < -0.39 is 11.8 Å². The zero-order valence-electron chi connectivity index (χ0n) is 13.3. The highest BCUT2D eigenvalue weighted by Crippen LogP contribution is 2.09. The third-order valence-electron chi connectivity index (χ3n) is 3.52. The van der Waals surface area contributed by atoms with Crippen LogP contribution in [0.2, 0.25) is 0 Å². The first-order chi connectivity index (χ1) is 11.6. The average Bonchev–Trinajstić information content (AvgIpc) is 2.61. The molecule has 0 aromatic heterocycles. The fraction of sp³-hybridized carbons (Fsp3) is 0.222. The summed E-state index contributed by atoms with van der Waals surface area (Å²) in [6.07, 6.45) is 0.581. The van der Waals surface area contributed by atoms with E-state index in [1.54, 1.807) is 24.3 Å². The number of carbonyl (C=O) groups is 2. The molecule has 5 N–H and O–H groups in total. The van der Waals surface area contributed by atoms with Gasteiger partial charge in [-0.2, -0.15) is 0 Å². The summed E-state index contributed by atoms with van der Waals surface area (Å²) >= 11 is 0. The number of carbonyl (C=O) groups excluding carboxylic acids is 2. The Labute approximate surface area is 140 Å². The van der Waals surface area contributed by atoms with Gasteiger partial charge in [0.05, 0.1) is 0 Å². The zero-order chi connectivity index (χ0) is 17.4. The first-order valence-corrected chi connectivity index (χ1v) is 7.70. The van der Waals surface area contributed by atoms with Crippen molar-refractivity contribution in [2.45, 2.75) is 19.5 Å². The lowest BCUT2D eigenvalue weighted by atomic mass is 10.1. The monoisotopic (exact) mass is 327 g/mol. The molecule has 6 nitrogen and oxygen atoms in total. The minimum atomic E-state index is -0.668. The van der Waals surface area contributed by atoms with Crippen LogP contribution in [0.1, 0.15) is 16.7 Å². The number of nitrogens with two attached hydrogens (primary N) is 1. The zero-order valence-corrected chi connectivity index (χ0v) is 13.3. The van der Waals surface area contributed by atoms with Crippen LogP contribution in [0.5, 0.6) is 5.75 Å². The van der Waals surface area contributed by atoms with Gasteiger partial charge in [-0.3, -0.25) is 9.59 Å². The number of phenols is 1. The van der Waals surface area contributed by atoms with Crippen LogP contribution in [-0.2, 0) is 29.1 Å². The van der Waals surface area contributed by atoms with Gasteiger partial charge < -0.3 is 21.5 Å². The predicted molar refractivity (Wildman–Crippen MR) is 91.0 cm³/mol. The fourth-order valence-corrected chi connectivity index (χ4v) is 2.19. The third kappa shape index (κ3) is 5.40. The molecule has 0 heterocycles. The van der Waals surface area contributed by atoms with Crippen molar-refractivity contribution in [2.75, 3.05) is 6.54 Å². The Morgan fingerprint density at radius 3 is 2.29 bits per heavy atom. The summed E-state index contributed by atoms with van der Waals surface area (Å²) in [5.41, 5.74) is 8.40. The van der Waals surface area contributed by atoms with Crippen LogP contribution >= 0.6 is 0 Å². The first-order valence-electron chi connectivity index (χ1n) is 7.70. The summed E-state index contributed by atoms with van der Waals surface area (Å²) in [5, 5.41) is 14.4. The van der Waals surface area contributed by atoms with Gasteiger partial charge in [0, 0.05) is 19.6 Å². The van der Waals surface area contributed by atoms with E-state index >= 15 is 0 Å². The van der Waals surface area contributed by atoms with Gasteiger partial charge in [-0.05, 0) is 35.2 Å². The number of amides is 2. The Kier molecular flexibility index (Phi) is 6.33. The summed E-state index contributed by atoms with van der Waals surface area (Å²) in [5.74, 6) is -1.14. The lowest BCUT2D eigenvalue weighted by molar-refractivity contribution is -0.139. The molecule has 0 aliphatic heterocycles. The summed E-state index contributed by atoms with van der Waals surface area (Å²) in [7, 11) is 0. The van der Waals surface area contributed by atoms with Crippen LogP contribution in [-0.4, -0.2) is 23.5 Å². The summed E-state index contributed by atoms with van der Waals surface area (Å²) in [6, 6.07) is 14.2. The Bertz CT molecular complexity index is 699. The number of nitrogens with one attached hydrogen (secondary N) is 2. The SMILES string of the molecule is NCc1cccc(CNC(=O)C(=O)NCCc2ccc(O)cc2)c1. The molecule has 0 saturated heterocycles. The van der Waals surface area contributed by atoms with Gasteiger partial charge in [0.15, 0.2) is 0 Å². The van der Waals surface area contributed by atoms with Gasteiger partial charge in [-0.25, -0.2) is 0 Å². The van der Waals surface area contributed by atoms with Crippen molar-refractivity contribution in [2.24, 2.45) is 5.73 Å². The highest BCUT2D eigenvalue weighted by Gasteiger charge is 2.12. The molecule has 0 unspecified atom stereocenters. The number of aromatic hydroxyl groups is 1. The number of phenolic OH excluding ortho intramolecular Hbond substituents is 1. The van der Waals surface area contributed by atoms with Crippen molar-refractivity contribution in [3.63, 3.8) is 0 Å². The highest BCUT2D eigenvalue weighted by atomic mass is 16.3. The fourth-order valence-electron chi connectivity index (χ4n) is 2.19. The molecule has 24 heavy (non-hydrogen) atoms. The second kappa shape index (κ2) is 8.69. The minimum absolute atomic E-state index is 0.195. The molecule has 0 saturated carbocycles. The Hall–Kier alpha value is -2.86. The lowest BCUT2D eigenvalue weighted by Gasteiger charge is -2.08. The molecule has 126 valence electrons. The normalized spacial score (nSPS) is 10.2. The quantitative estimate of drug-likeness (QED) is 0.590. The number of hydrogen-bond acceptors (Lipinski definition) is 4. The maximum atomic E-state index is 11.8. The van der Waals surface area contributed by atoms with Crippen molar-refractivity contribution in [1.82, 2.24) is 10.6 Å². The smallest absolute Gasteiger partial charge is 0.309 e. The van der Waals surface area contributed by atoms with Gasteiger partial charge in [0.25, 0.3) is 0 Å². The molecule has 0 atom stereocenters. The maximum Gasteiger partial charge on any atom is 0.309 e. The van der Waals surface area contributed by atoms with Crippen molar-refractivity contribution in [1.29, 1.82) is 0 Å². The van der Waals surface area contributed by atoms with E-state index in [4.69, 9.17) is 5.73 Å². The minimum Gasteiger partial charge on any atom is -0.508 e. The largest absolute Gasteiger partial charge is 0.508 e. The molecule has 2 aromatic rings. The summed E-state index contributed by atoms with van der Waals surface area (Å²) in [6.45, 7) is 1.05. The van der Waals surface area contributed by atoms with Crippen molar-refractivity contribution in [3.05, 3.63) is 65.2 Å². The van der Waals surface area contributed by atoms with Crippen LogP contribution in [0.25, 0.3) is 0 Å². The van der Waals surface area contributed by atoms with Gasteiger partial charge in [-0.1, -0.05) is 36.4 Å². The van der Waals surface area contributed by atoms with Crippen LogP contribution in [0, 0.1) is 0 Å². The van der Waals surface area contributed by atoms with Gasteiger partial charge >= 0.3 is 11.8 Å². The molecule has 0 fully saturated rings. The van der Waals surface area contributed by atoms with E-state index in [0.29, 0.717) is 19.5 Å². The predicted octanol–water partition coefficient (Wildman–Crippen LogP) is 0.826. The number of benzene rings is 2. The molecule has 2 aromatic carbocycles. The molecule has 2 amide bonds. The summed E-state index contributed by atoms with van der Waals surface area (Å²) < 4.78 is 0. The van der Waals surface area contributed by atoms with Crippen molar-refractivity contribution in [3.8, 4) is 5.75 Å². The maximum absolute atomic E-state index is 11.8. The molecule has 0 bridgehead atoms. The highest BCUT2D eigenvalue weighted by molar-refractivity contribution is 6.35. The van der Waals surface area contributed by atoms with Gasteiger partial charge in [0.2, 0.25) is 0 Å². The van der Waals surface area contributed by atoms with Gasteiger partial charge in [0.1, 0.15) is 5.75 Å². The molecule has 0 spiro atoms. The van der Waals surface area contributed by atoms with Crippen LogP contribution in [0.3, 0.4) is 0 Å². The Morgan fingerprint density at radius 1 is 0.917 bits per heavy atom. The van der Waals surface area contributed by atoms with Gasteiger partial charge in [-0.15, -0.1) is 0 Å². The second-order valence-electron chi connectivity index (χ2n) is 5.38. The Balaban J connectivity index is 1.73. The van der Waals surface area contributed by atoms with E-state index in [9.17, 15) is 14.7 Å². The van der Waals surface area contributed by atoms with Crippen LogP contribution < -0.4 is 16.4 Å².